The Bertz CT molecular complexity index is 273. The maximum absolute atomic E-state index is 5.78. The minimum absolute atomic E-state index is 0.428. The summed E-state index contributed by atoms with van der Waals surface area (Å²) in [5, 5.41) is 3.53. The molecular weight excluding hydrogens is 174 g/mol. The molecule has 0 unspecified atom stereocenters. The van der Waals surface area contributed by atoms with Crippen molar-refractivity contribution in [3.63, 3.8) is 0 Å². The van der Waals surface area contributed by atoms with Crippen LogP contribution in [0.4, 0.5) is 0 Å². The molecule has 0 amide bonds. The Kier molecular flexibility index (Phi) is 3.11. The molecule has 2 atom stereocenters. The molecule has 76 valence electrons. The van der Waals surface area contributed by atoms with E-state index in [2.05, 4.69) is 22.4 Å². The van der Waals surface area contributed by atoms with Crippen molar-refractivity contribution in [2.24, 2.45) is 11.7 Å². The first-order chi connectivity index (χ1) is 6.92. The van der Waals surface area contributed by atoms with Crippen LogP contribution in [0.15, 0.2) is 24.5 Å². The average molecular weight is 191 g/mol. The van der Waals surface area contributed by atoms with Gasteiger partial charge in [0.25, 0.3) is 0 Å². The van der Waals surface area contributed by atoms with Crippen molar-refractivity contribution in [1.82, 2.24) is 10.3 Å². The number of nitrogens with one attached hydrogen (secondary N) is 1. The minimum Gasteiger partial charge on any atom is -0.330 e. The van der Waals surface area contributed by atoms with Crippen molar-refractivity contribution < 1.29 is 0 Å². The molecular formula is C11H17N3. The van der Waals surface area contributed by atoms with Crippen LogP contribution in [-0.2, 0) is 0 Å². The third-order valence-electron chi connectivity index (χ3n) is 2.96. The van der Waals surface area contributed by atoms with Gasteiger partial charge in [-0.1, -0.05) is 0 Å². The smallest absolute Gasteiger partial charge is 0.0361 e. The molecule has 0 spiro atoms. The summed E-state index contributed by atoms with van der Waals surface area (Å²) in [6.07, 6.45) is 6.17. The third-order valence-corrected chi connectivity index (χ3v) is 2.96. The highest BCUT2D eigenvalue weighted by atomic mass is 14.9. The van der Waals surface area contributed by atoms with Crippen molar-refractivity contribution in [2.75, 3.05) is 13.1 Å². The topological polar surface area (TPSA) is 50.9 Å². The Labute approximate surface area is 84.7 Å². The zero-order valence-corrected chi connectivity index (χ0v) is 8.32. The molecule has 1 saturated heterocycles. The highest BCUT2D eigenvalue weighted by Crippen LogP contribution is 2.27. The number of rotatable bonds is 2. The van der Waals surface area contributed by atoms with Crippen molar-refractivity contribution in [2.45, 2.75) is 18.9 Å². The standard InChI is InChI=1S/C11H17N3/c12-8-10-2-1-5-14-11(10)9-3-6-13-7-4-9/h3-4,6-7,10-11,14H,1-2,5,8,12H2/t10-,11-/m0/s1. The fraction of sp³-hybridized carbons (Fsp3) is 0.545. The van der Waals surface area contributed by atoms with Crippen LogP contribution in [0.2, 0.25) is 0 Å². The lowest BCUT2D eigenvalue weighted by Gasteiger charge is -2.32. The monoisotopic (exact) mass is 191 g/mol. The molecule has 3 nitrogen and oxygen atoms in total. The second-order valence-corrected chi connectivity index (χ2v) is 3.85. The summed E-state index contributed by atoms with van der Waals surface area (Å²) in [6.45, 7) is 1.86. The largest absolute Gasteiger partial charge is 0.330 e. The third kappa shape index (κ3) is 1.94. The minimum atomic E-state index is 0.428. The number of nitrogens with zero attached hydrogens (tertiary/aromatic N) is 1. The van der Waals surface area contributed by atoms with Crippen LogP contribution in [-0.4, -0.2) is 18.1 Å². The zero-order valence-electron chi connectivity index (χ0n) is 8.32. The van der Waals surface area contributed by atoms with Gasteiger partial charge in [0.15, 0.2) is 0 Å². The molecule has 3 N–H and O–H groups in total. The Hall–Kier alpha value is -0.930. The number of hydrogen-bond donors (Lipinski definition) is 2. The summed E-state index contributed by atoms with van der Waals surface area (Å²) in [4.78, 5) is 4.03. The predicted octanol–water partition coefficient (Wildman–Crippen LogP) is 1.08. The van der Waals surface area contributed by atoms with Crippen molar-refractivity contribution in [3.05, 3.63) is 30.1 Å². The molecule has 0 aliphatic carbocycles. The second-order valence-electron chi connectivity index (χ2n) is 3.85. The summed E-state index contributed by atoms with van der Waals surface area (Å²) in [5.74, 6) is 0.575. The summed E-state index contributed by atoms with van der Waals surface area (Å²) in [6, 6.07) is 4.58. The van der Waals surface area contributed by atoms with Gasteiger partial charge in [0.2, 0.25) is 0 Å². The van der Waals surface area contributed by atoms with E-state index < -0.39 is 0 Å². The van der Waals surface area contributed by atoms with Crippen LogP contribution < -0.4 is 11.1 Å². The molecule has 2 rings (SSSR count). The average Bonchev–Trinajstić information content (AvgIpc) is 2.30. The highest BCUT2D eigenvalue weighted by Gasteiger charge is 2.24. The number of aromatic nitrogens is 1. The van der Waals surface area contributed by atoms with Gasteiger partial charge in [0.05, 0.1) is 0 Å². The van der Waals surface area contributed by atoms with Gasteiger partial charge in [-0.15, -0.1) is 0 Å². The molecule has 2 heterocycles. The lowest BCUT2D eigenvalue weighted by atomic mass is 9.87. The summed E-state index contributed by atoms with van der Waals surface area (Å²) >= 11 is 0. The van der Waals surface area contributed by atoms with Crippen LogP contribution in [0.5, 0.6) is 0 Å². The molecule has 1 aromatic rings. The SMILES string of the molecule is NC[C@@H]1CCCN[C@H]1c1ccncc1. The van der Waals surface area contributed by atoms with Gasteiger partial charge < -0.3 is 11.1 Å². The van der Waals surface area contributed by atoms with Crippen LogP contribution in [0.25, 0.3) is 0 Å². The molecule has 0 saturated carbocycles. The molecule has 1 fully saturated rings. The van der Waals surface area contributed by atoms with Crippen LogP contribution in [0, 0.1) is 5.92 Å². The number of hydrogen-bond acceptors (Lipinski definition) is 3. The summed E-state index contributed by atoms with van der Waals surface area (Å²) in [7, 11) is 0. The van der Waals surface area contributed by atoms with Gasteiger partial charge in [-0.3, -0.25) is 4.98 Å². The van der Waals surface area contributed by atoms with Gasteiger partial charge in [-0.25, -0.2) is 0 Å². The molecule has 3 heteroatoms. The van der Waals surface area contributed by atoms with E-state index in [4.69, 9.17) is 5.73 Å². The summed E-state index contributed by atoms with van der Waals surface area (Å²) in [5.41, 5.74) is 7.09. The first-order valence-corrected chi connectivity index (χ1v) is 5.25. The summed E-state index contributed by atoms with van der Waals surface area (Å²) < 4.78 is 0. The number of pyridine rings is 1. The Morgan fingerprint density at radius 3 is 2.93 bits per heavy atom. The van der Waals surface area contributed by atoms with E-state index in [1.54, 1.807) is 0 Å². The molecule has 0 radical (unpaired) electrons. The first kappa shape index (κ1) is 9.62. The predicted molar refractivity (Wildman–Crippen MR) is 56.8 cm³/mol. The van der Waals surface area contributed by atoms with E-state index >= 15 is 0 Å². The molecule has 0 bridgehead atoms. The molecule has 0 aromatic carbocycles. The quantitative estimate of drug-likeness (QED) is 0.735. The fourth-order valence-corrected chi connectivity index (χ4v) is 2.17. The highest BCUT2D eigenvalue weighted by molar-refractivity contribution is 5.16. The van der Waals surface area contributed by atoms with Gasteiger partial charge in [-0.05, 0) is 49.5 Å². The van der Waals surface area contributed by atoms with Crippen LogP contribution >= 0.6 is 0 Å². The normalized spacial score (nSPS) is 27.5. The molecule has 1 aliphatic heterocycles. The maximum Gasteiger partial charge on any atom is 0.0361 e. The first-order valence-electron chi connectivity index (χ1n) is 5.25. The van der Waals surface area contributed by atoms with E-state index in [0.717, 1.165) is 13.1 Å². The lowest BCUT2D eigenvalue weighted by molar-refractivity contribution is 0.291. The second kappa shape index (κ2) is 4.53. The van der Waals surface area contributed by atoms with Gasteiger partial charge in [0, 0.05) is 18.4 Å². The fourth-order valence-electron chi connectivity index (χ4n) is 2.17. The van der Waals surface area contributed by atoms with E-state index in [0.29, 0.717) is 12.0 Å². The maximum atomic E-state index is 5.78. The van der Waals surface area contributed by atoms with E-state index in [1.165, 1.54) is 18.4 Å². The van der Waals surface area contributed by atoms with Crippen molar-refractivity contribution >= 4 is 0 Å². The van der Waals surface area contributed by atoms with Gasteiger partial charge in [0.1, 0.15) is 0 Å². The van der Waals surface area contributed by atoms with Gasteiger partial charge >= 0.3 is 0 Å². The van der Waals surface area contributed by atoms with E-state index in [-0.39, 0.29) is 0 Å². The molecule has 1 aliphatic rings. The Morgan fingerprint density at radius 2 is 2.21 bits per heavy atom. The Balaban J connectivity index is 2.15. The van der Waals surface area contributed by atoms with Crippen molar-refractivity contribution in [1.29, 1.82) is 0 Å². The molecule has 14 heavy (non-hydrogen) atoms. The Morgan fingerprint density at radius 1 is 1.43 bits per heavy atom. The number of nitrogens with two attached hydrogens (primary N) is 1. The lowest BCUT2D eigenvalue weighted by Crippen LogP contribution is -2.37. The molecule has 1 aromatic heterocycles. The van der Waals surface area contributed by atoms with Gasteiger partial charge in [-0.2, -0.15) is 0 Å². The van der Waals surface area contributed by atoms with Crippen LogP contribution in [0.1, 0.15) is 24.4 Å². The van der Waals surface area contributed by atoms with E-state index in [9.17, 15) is 0 Å². The van der Waals surface area contributed by atoms with Crippen molar-refractivity contribution in [3.8, 4) is 0 Å². The number of piperidine rings is 1. The zero-order chi connectivity index (χ0) is 9.80. The van der Waals surface area contributed by atoms with Crippen LogP contribution in [0.3, 0.4) is 0 Å². The van der Waals surface area contributed by atoms with E-state index in [1.807, 2.05) is 12.4 Å².